The highest BCUT2D eigenvalue weighted by atomic mass is 19.1. The van der Waals surface area contributed by atoms with Gasteiger partial charge in [-0.3, -0.25) is 9.69 Å². The van der Waals surface area contributed by atoms with Crippen LogP contribution in [0, 0.1) is 0 Å². The van der Waals surface area contributed by atoms with Crippen LogP contribution in [0.1, 0.15) is 6.42 Å². The zero-order valence-electron chi connectivity index (χ0n) is 10.2. The normalized spacial score (nSPS) is 38.6. The van der Waals surface area contributed by atoms with Gasteiger partial charge in [-0.05, 0) is 0 Å². The van der Waals surface area contributed by atoms with Crippen LogP contribution in [-0.2, 0) is 9.53 Å². The van der Waals surface area contributed by atoms with E-state index < -0.39 is 17.7 Å². The van der Waals surface area contributed by atoms with E-state index >= 15 is 0 Å². The van der Waals surface area contributed by atoms with Crippen LogP contribution in [-0.4, -0.2) is 79.0 Å². The van der Waals surface area contributed by atoms with E-state index in [0.717, 1.165) is 0 Å². The monoisotopic (exact) mass is 246 g/mol. The number of alkyl halides is 1. The highest BCUT2D eigenvalue weighted by Gasteiger charge is 2.49. The van der Waals surface area contributed by atoms with Gasteiger partial charge in [-0.2, -0.15) is 0 Å². The van der Waals surface area contributed by atoms with Gasteiger partial charge in [0.2, 0.25) is 5.67 Å². The van der Waals surface area contributed by atoms with Crippen LogP contribution in [0.3, 0.4) is 0 Å². The van der Waals surface area contributed by atoms with Crippen molar-refractivity contribution >= 4 is 5.91 Å². The van der Waals surface area contributed by atoms with E-state index in [0.29, 0.717) is 19.8 Å². The summed E-state index contributed by atoms with van der Waals surface area (Å²) < 4.78 is 19.6. The topological polar surface area (TPSA) is 53.0 Å². The van der Waals surface area contributed by atoms with Crippen molar-refractivity contribution in [3.8, 4) is 0 Å². The summed E-state index contributed by atoms with van der Waals surface area (Å²) in [5.41, 5.74) is -1.81. The number of halogens is 1. The molecule has 0 aromatic rings. The molecule has 0 radical (unpaired) electrons. The number of amides is 1. The maximum absolute atomic E-state index is 14.4. The van der Waals surface area contributed by atoms with Crippen molar-refractivity contribution in [1.82, 2.24) is 9.80 Å². The average molecular weight is 246 g/mol. The Hall–Kier alpha value is -0.720. The van der Waals surface area contributed by atoms with E-state index in [1.165, 1.54) is 4.90 Å². The SMILES string of the molecule is CN(C)C(=O)C1(F)CCN(C2COCC2O)C1. The fourth-order valence-corrected chi connectivity index (χ4v) is 2.54. The molecule has 0 aromatic carbocycles. The molecule has 0 bridgehead atoms. The fourth-order valence-electron chi connectivity index (χ4n) is 2.54. The number of hydrogen-bond acceptors (Lipinski definition) is 4. The molecule has 3 unspecified atom stereocenters. The van der Waals surface area contributed by atoms with Crippen LogP contribution < -0.4 is 0 Å². The number of carbonyl (C=O) groups excluding carboxylic acids is 1. The van der Waals surface area contributed by atoms with E-state index in [2.05, 4.69) is 0 Å². The maximum Gasteiger partial charge on any atom is 0.261 e. The number of likely N-dealkylation sites (tertiary alicyclic amines) is 1. The van der Waals surface area contributed by atoms with Crippen LogP contribution in [0.4, 0.5) is 4.39 Å². The molecule has 0 spiro atoms. The number of ether oxygens (including phenoxy) is 1. The highest BCUT2D eigenvalue weighted by Crippen LogP contribution is 2.30. The molecule has 17 heavy (non-hydrogen) atoms. The van der Waals surface area contributed by atoms with Gasteiger partial charge in [-0.1, -0.05) is 0 Å². The van der Waals surface area contributed by atoms with Gasteiger partial charge in [0.25, 0.3) is 5.91 Å². The first-order valence-electron chi connectivity index (χ1n) is 5.84. The number of nitrogens with zero attached hydrogens (tertiary/aromatic N) is 2. The lowest BCUT2D eigenvalue weighted by atomic mass is 10.0. The summed E-state index contributed by atoms with van der Waals surface area (Å²) in [4.78, 5) is 14.8. The molecular weight excluding hydrogens is 227 g/mol. The van der Waals surface area contributed by atoms with Crippen molar-refractivity contribution in [1.29, 1.82) is 0 Å². The highest BCUT2D eigenvalue weighted by molar-refractivity contribution is 5.85. The number of aliphatic hydroxyl groups excluding tert-OH is 1. The first-order valence-corrected chi connectivity index (χ1v) is 5.84. The molecule has 2 saturated heterocycles. The van der Waals surface area contributed by atoms with Gasteiger partial charge in [-0.15, -0.1) is 0 Å². The molecule has 98 valence electrons. The van der Waals surface area contributed by atoms with Crippen LogP contribution in [0.5, 0.6) is 0 Å². The molecule has 0 aliphatic carbocycles. The van der Waals surface area contributed by atoms with Gasteiger partial charge < -0.3 is 14.7 Å². The largest absolute Gasteiger partial charge is 0.389 e. The smallest absolute Gasteiger partial charge is 0.261 e. The molecule has 6 heteroatoms. The molecule has 2 rings (SSSR count). The quantitative estimate of drug-likeness (QED) is 0.696. The van der Waals surface area contributed by atoms with E-state index in [-0.39, 0.29) is 19.0 Å². The second kappa shape index (κ2) is 4.51. The van der Waals surface area contributed by atoms with Crippen molar-refractivity contribution in [3.63, 3.8) is 0 Å². The fraction of sp³-hybridized carbons (Fsp3) is 0.909. The van der Waals surface area contributed by atoms with Crippen LogP contribution in [0.25, 0.3) is 0 Å². The maximum atomic E-state index is 14.4. The molecular formula is C11H19FN2O3. The Bertz CT molecular complexity index is 313. The van der Waals surface area contributed by atoms with Crippen LogP contribution in [0.2, 0.25) is 0 Å². The van der Waals surface area contributed by atoms with Gasteiger partial charge in [0.1, 0.15) is 0 Å². The second-order valence-corrected chi connectivity index (χ2v) is 5.06. The van der Waals surface area contributed by atoms with E-state index in [4.69, 9.17) is 4.74 Å². The molecule has 0 saturated carbocycles. The number of aliphatic hydroxyl groups is 1. The van der Waals surface area contributed by atoms with Crippen molar-refractivity contribution in [3.05, 3.63) is 0 Å². The summed E-state index contributed by atoms with van der Waals surface area (Å²) in [6.45, 7) is 1.24. The summed E-state index contributed by atoms with van der Waals surface area (Å²) in [5.74, 6) is -0.492. The minimum Gasteiger partial charge on any atom is -0.389 e. The van der Waals surface area contributed by atoms with Crippen molar-refractivity contribution in [2.45, 2.75) is 24.2 Å². The van der Waals surface area contributed by atoms with Crippen LogP contribution >= 0.6 is 0 Å². The first-order chi connectivity index (χ1) is 7.94. The predicted octanol–water partition coefficient (Wildman–Crippen LogP) is -0.752. The van der Waals surface area contributed by atoms with Crippen molar-refractivity contribution in [2.75, 3.05) is 40.4 Å². The third kappa shape index (κ3) is 2.29. The Kier molecular flexibility index (Phi) is 3.38. The summed E-state index contributed by atoms with van der Waals surface area (Å²) in [5, 5.41) is 9.68. The van der Waals surface area contributed by atoms with Gasteiger partial charge in [0, 0.05) is 33.6 Å². The van der Waals surface area contributed by atoms with Crippen LogP contribution in [0.15, 0.2) is 0 Å². The molecule has 2 fully saturated rings. The molecule has 2 aliphatic rings. The van der Waals surface area contributed by atoms with E-state index in [1.807, 2.05) is 4.90 Å². The van der Waals surface area contributed by atoms with Gasteiger partial charge in [0.05, 0.1) is 25.4 Å². The van der Waals surface area contributed by atoms with Crippen molar-refractivity contribution < 1.29 is 19.0 Å². The number of rotatable bonds is 2. The zero-order valence-corrected chi connectivity index (χ0v) is 10.2. The molecule has 3 atom stereocenters. The Morgan fingerprint density at radius 2 is 2.24 bits per heavy atom. The standard InChI is InChI=1S/C11H19FN2O3/c1-13(2)10(16)11(12)3-4-14(7-11)8-5-17-6-9(8)15/h8-9,15H,3-7H2,1-2H3. The Balaban J connectivity index is 2.01. The lowest BCUT2D eigenvalue weighted by Crippen LogP contribution is -2.48. The van der Waals surface area contributed by atoms with E-state index in [9.17, 15) is 14.3 Å². The predicted molar refractivity (Wildman–Crippen MR) is 59.3 cm³/mol. The molecule has 2 aliphatic heterocycles. The molecule has 1 N–H and O–H groups in total. The lowest BCUT2D eigenvalue weighted by Gasteiger charge is -2.27. The summed E-state index contributed by atoms with van der Waals surface area (Å²) >= 11 is 0. The van der Waals surface area contributed by atoms with Gasteiger partial charge in [-0.25, -0.2) is 4.39 Å². The minimum absolute atomic E-state index is 0.0507. The third-order valence-electron chi connectivity index (χ3n) is 3.53. The zero-order chi connectivity index (χ0) is 12.6. The first kappa shape index (κ1) is 12.7. The Labute approximate surface area is 100 Å². The van der Waals surface area contributed by atoms with Gasteiger partial charge >= 0.3 is 0 Å². The summed E-state index contributed by atoms with van der Waals surface area (Å²) in [6, 6.07) is -0.178. The Morgan fingerprint density at radius 1 is 1.53 bits per heavy atom. The molecule has 1 amide bonds. The molecule has 0 aromatic heterocycles. The van der Waals surface area contributed by atoms with Crippen molar-refractivity contribution in [2.24, 2.45) is 0 Å². The third-order valence-corrected chi connectivity index (χ3v) is 3.53. The number of carbonyl (C=O) groups is 1. The van der Waals surface area contributed by atoms with E-state index in [1.54, 1.807) is 14.1 Å². The summed E-state index contributed by atoms with van der Waals surface area (Å²) in [7, 11) is 3.11. The number of hydrogen-bond donors (Lipinski definition) is 1. The second-order valence-electron chi connectivity index (χ2n) is 5.06. The minimum atomic E-state index is -1.81. The summed E-state index contributed by atoms with van der Waals surface area (Å²) in [6.07, 6.45) is -0.389. The van der Waals surface area contributed by atoms with Gasteiger partial charge in [0.15, 0.2) is 0 Å². The molecule has 2 heterocycles. The molecule has 5 nitrogen and oxygen atoms in total. The average Bonchev–Trinajstić information content (AvgIpc) is 2.84. The lowest BCUT2D eigenvalue weighted by molar-refractivity contribution is -0.140. The Morgan fingerprint density at radius 3 is 2.76 bits per heavy atom.